The van der Waals surface area contributed by atoms with E-state index < -0.39 is 41.8 Å². The van der Waals surface area contributed by atoms with Gasteiger partial charge in [0.05, 0.1) is 25.6 Å². The maximum Gasteiger partial charge on any atom is 0.489 e. The molecule has 22 nitrogen and oxygen atoms in total. The van der Waals surface area contributed by atoms with E-state index in [9.17, 15) is 38.0 Å². The zero-order chi connectivity index (χ0) is 38.1. The lowest BCUT2D eigenvalue weighted by atomic mass is 10.1. The number of methoxy groups -OCH3 is 1. The third-order valence-corrected chi connectivity index (χ3v) is 11.7. The minimum atomic E-state index is -5.69. The van der Waals surface area contributed by atoms with Crippen LogP contribution in [0.2, 0.25) is 0 Å². The summed E-state index contributed by atoms with van der Waals surface area (Å²) in [5.74, 6) is -0.113. The number of amides is 2. The molecule has 286 valence electrons. The Morgan fingerprint density at radius 2 is 1.63 bits per heavy atom. The monoisotopic (exact) mass is 791 g/mol. The number of aromatic nitrogens is 4. The largest absolute Gasteiger partial charge is 0.489 e. The lowest BCUT2D eigenvalue weighted by Gasteiger charge is -2.21. The molecule has 1 saturated heterocycles. The van der Waals surface area contributed by atoms with E-state index in [1.807, 2.05) is 5.09 Å². The second kappa shape index (κ2) is 17.7. The Morgan fingerprint density at radius 3 is 2.31 bits per heavy atom. The highest BCUT2D eigenvalue weighted by Crippen LogP contribution is 2.67. The number of rotatable bonds is 20. The molecule has 6 atom stereocenters. The maximum absolute atomic E-state index is 12.7. The molecule has 1 aromatic carbocycles. The standard InChI is InChI=1S/C27H40N9O13P3/c1-17-21(14-24(46-17)36-16-34-25-26(28)32-15-33-27(25)36)47-51(41,42)49-52(43,44)48-50(39,40)35-20-6-4-19(5-7-20)10-11-30-22(37)8-9-23(38)31-13-12-29-18(2)45-3/h4-7,15-17,21,24,29H,2,8-14H2,1,3H3,(H,30,37)(H,31,38)(H,41,42)(H,43,44)(H2,28,32,33)(H2,35,39,40)/t17-,21?,24-/m1/s1. The van der Waals surface area contributed by atoms with E-state index in [-0.39, 0.29) is 49.1 Å². The number of benzene rings is 1. The summed E-state index contributed by atoms with van der Waals surface area (Å²) in [4.78, 5) is 66.6. The number of nitrogens with two attached hydrogens (primary N) is 1. The Labute approximate surface area is 297 Å². The van der Waals surface area contributed by atoms with Crippen molar-refractivity contribution < 1.29 is 60.6 Å². The first-order chi connectivity index (χ1) is 24.5. The number of imidazole rings is 1. The molecule has 4 unspecified atom stereocenters. The predicted molar refractivity (Wildman–Crippen MR) is 184 cm³/mol. The van der Waals surface area contributed by atoms with Gasteiger partial charge in [-0.05, 0) is 37.6 Å². The number of ether oxygens (including phenoxy) is 2. The number of nitrogen functional groups attached to an aromatic ring is 1. The third kappa shape index (κ3) is 12.3. The summed E-state index contributed by atoms with van der Waals surface area (Å²) in [5.41, 5.74) is 7.14. The number of carbonyl (C=O) groups excluding carboxylic acids is 2. The van der Waals surface area contributed by atoms with E-state index in [2.05, 4.69) is 46.1 Å². The van der Waals surface area contributed by atoms with Gasteiger partial charge in [0, 0.05) is 44.6 Å². The van der Waals surface area contributed by atoms with E-state index >= 15 is 0 Å². The SMILES string of the molecule is C=C(NCCNC(=O)CCC(=O)NCCc1ccc(NP(=O)(O)OP(=O)(O)OP(=O)(O)OC2C[C@H](n3cnc4c(N)ncnc43)O[C@@H]2C)cc1)OC. The van der Waals surface area contributed by atoms with Crippen LogP contribution in [-0.4, -0.2) is 85.0 Å². The number of nitrogens with zero attached hydrogens (tertiary/aromatic N) is 4. The molecule has 0 aliphatic carbocycles. The summed E-state index contributed by atoms with van der Waals surface area (Å²) in [5, 5.41) is 10.2. The lowest BCUT2D eigenvalue weighted by Crippen LogP contribution is -2.33. The topological polar surface area (TPSA) is 310 Å². The number of anilines is 2. The summed E-state index contributed by atoms with van der Waals surface area (Å²) >= 11 is 0. The van der Waals surface area contributed by atoms with Gasteiger partial charge in [0.25, 0.3) is 0 Å². The molecule has 0 bridgehead atoms. The Hall–Kier alpha value is -3.94. The Bertz CT molecular complexity index is 1880. The highest BCUT2D eigenvalue weighted by atomic mass is 31.3. The average molecular weight is 792 g/mol. The molecule has 0 spiro atoms. The second-order valence-corrected chi connectivity index (χ2v) is 15.8. The molecule has 4 rings (SSSR count). The van der Waals surface area contributed by atoms with Gasteiger partial charge < -0.3 is 45.8 Å². The van der Waals surface area contributed by atoms with E-state index in [4.69, 9.17) is 19.7 Å². The molecule has 2 aromatic heterocycles. The molecule has 52 heavy (non-hydrogen) atoms. The van der Waals surface area contributed by atoms with Gasteiger partial charge in [0.1, 0.15) is 18.1 Å². The fourth-order valence-electron chi connectivity index (χ4n) is 4.80. The molecule has 1 fully saturated rings. The smallest absolute Gasteiger partial charge is 0.483 e. The van der Waals surface area contributed by atoms with Crippen molar-refractivity contribution in [1.82, 2.24) is 35.5 Å². The summed E-state index contributed by atoms with van der Waals surface area (Å²) in [7, 11) is -14.8. The molecule has 25 heteroatoms. The van der Waals surface area contributed by atoms with Gasteiger partial charge in [-0.25, -0.2) is 28.6 Å². The molecule has 2 amide bonds. The van der Waals surface area contributed by atoms with Crippen LogP contribution in [0.15, 0.2) is 49.4 Å². The van der Waals surface area contributed by atoms with Crippen molar-refractivity contribution in [2.45, 2.75) is 51.0 Å². The van der Waals surface area contributed by atoms with Gasteiger partial charge in [-0.3, -0.25) is 23.8 Å². The number of hydrogen-bond donors (Lipinski definition) is 8. The minimum absolute atomic E-state index is 0.00230. The molecule has 9 N–H and O–H groups in total. The first-order valence-electron chi connectivity index (χ1n) is 15.5. The van der Waals surface area contributed by atoms with E-state index in [0.717, 1.165) is 0 Å². The van der Waals surface area contributed by atoms with Crippen LogP contribution in [0.4, 0.5) is 11.5 Å². The number of fused-ring (bicyclic) bond motifs is 1. The first-order valence-corrected chi connectivity index (χ1v) is 20.1. The predicted octanol–water partition coefficient (Wildman–Crippen LogP) is 1.81. The second-order valence-electron chi connectivity index (χ2n) is 11.2. The van der Waals surface area contributed by atoms with E-state index in [1.165, 1.54) is 43.4 Å². The Kier molecular flexibility index (Phi) is 13.9. The van der Waals surface area contributed by atoms with Crippen molar-refractivity contribution >= 4 is 57.9 Å². The van der Waals surface area contributed by atoms with E-state index in [0.29, 0.717) is 42.1 Å². The normalized spacial score (nSPS) is 20.6. The summed E-state index contributed by atoms with van der Waals surface area (Å²) in [6, 6.07) is 5.81. The number of carbonyl (C=O) groups is 2. The Morgan fingerprint density at radius 1 is 0.981 bits per heavy atom. The van der Waals surface area contributed by atoms with Crippen LogP contribution in [0, 0.1) is 0 Å². The van der Waals surface area contributed by atoms with Crippen molar-refractivity contribution in [2.24, 2.45) is 0 Å². The molecular weight excluding hydrogens is 751 g/mol. The van der Waals surface area contributed by atoms with Crippen LogP contribution >= 0.6 is 23.4 Å². The molecule has 1 aliphatic rings. The van der Waals surface area contributed by atoms with Gasteiger partial charge in [0.15, 0.2) is 17.3 Å². The van der Waals surface area contributed by atoms with Crippen LogP contribution in [-0.2, 0) is 52.3 Å². The first kappa shape index (κ1) is 40.8. The summed E-state index contributed by atoms with van der Waals surface area (Å²) in [6.45, 7) is 6.09. The minimum Gasteiger partial charge on any atom is -0.483 e. The molecule has 1 aliphatic heterocycles. The lowest BCUT2D eigenvalue weighted by molar-refractivity contribution is -0.126. The van der Waals surface area contributed by atoms with Gasteiger partial charge in [0.2, 0.25) is 11.8 Å². The van der Waals surface area contributed by atoms with E-state index in [1.54, 1.807) is 12.1 Å². The number of phosphoric ester groups is 1. The molecule has 0 saturated carbocycles. The van der Waals surface area contributed by atoms with Crippen molar-refractivity contribution in [3.63, 3.8) is 0 Å². The molecule has 3 aromatic rings. The number of phosphoric acid groups is 2. The van der Waals surface area contributed by atoms with Crippen LogP contribution in [0.3, 0.4) is 0 Å². The van der Waals surface area contributed by atoms with Crippen molar-refractivity contribution in [3.05, 3.63) is 54.9 Å². The Balaban J connectivity index is 1.19. The summed E-state index contributed by atoms with van der Waals surface area (Å²) in [6.07, 6.45) is 0.178. The number of hydrogen-bond acceptors (Lipinski definition) is 15. The highest BCUT2D eigenvalue weighted by molar-refractivity contribution is 7.68. The maximum atomic E-state index is 12.7. The third-order valence-electron chi connectivity index (χ3n) is 7.27. The fourth-order valence-corrected chi connectivity index (χ4v) is 8.74. The van der Waals surface area contributed by atoms with Crippen LogP contribution in [0.5, 0.6) is 0 Å². The van der Waals surface area contributed by atoms with Crippen LogP contribution in [0.1, 0.15) is 38.0 Å². The molecular formula is C27H40N9O13P3. The summed E-state index contributed by atoms with van der Waals surface area (Å²) < 4.78 is 63.6. The number of nitrogens with one attached hydrogen (secondary N) is 4. The van der Waals surface area contributed by atoms with Gasteiger partial charge >= 0.3 is 23.4 Å². The average Bonchev–Trinajstić information content (AvgIpc) is 3.65. The fraction of sp³-hybridized carbons (Fsp3) is 0.444. The van der Waals surface area contributed by atoms with Gasteiger partial charge in [-0.15, -0.1) is 0 Å². The van der Waals surface area contributed by atoms with Crippen molar-refractivity contribution in [2.75, 3.05) is 37.6 Å². The van der Waals surface area contributed by atoms with Crippen LogP contribution in [0.25, 0.3) is 11.2 Å². The molecule has 0 radical (unpaired) electrons. The van der Waals surface area contributed by atoms with Gasteiger partial charge in [-0.1, -0.05) is 12.1 Å². The van der Waals surface area contributed by atoms with Gasteiger partial charge in [-0.2, -0.15) is 8.62 Å². The van der Waals surface area contributed by atoms with Crippen molar-refractivity contribution in [1.29, 1.82) is 0 Å². The molecule has 3 heterocycles. The highest BCUT2D eigenvalue weighted by Gasteiger charge is 2.45. The quantitative estimate of drug-likeness (QED) is 0.0459. The zero-order valence-corrected chi connectivity index (χ0v) is 30.7. The van der Waals surface area contributed by atoms with Crippen molar-refractivity contribution in [3.8, 4) is 0 Å². The zero-order valence-electron chi connectivity index (χ0n) is 28.0. The van der Waals surface area contributed by atoms with Crippen LogP contribution < -0.4 is 26.8 Å².